The molecule has 0 atom stereocenters. The SMILES string of the molecule is CC(=O)c1ncc(F)cc1O. The monoisotopic (exact) mass is 155 g/mol. The van der Waals surface area contributed by atoms with Gasteiger partial charge in [0, 0.05) is 13.0 Å². The summed E-state index contributed by atoms with van der Waals surface area (Å²) in [6.45, 7) is 1.25. The number of carbonyl (C=O) groups is 1. The normalized spacial score (nSPS) is 9.64. The summed E-state index contributed by atoms with van der Waals surface area (Å²) in [4.78, 5) is 14.0. The maximum atomic E-state index is 12.3. The lowest BCUT2D eigenvalue weighted by molar-refractivity contribution is 0.101. The van der Waals surface area contributed by atoms with Crippen LogP contribution in [0.1, 0.15) is 17.4 Å². The molecule has 1 rings (SSSR count). The molecule has 4 heteroatoms. The topological polar surface area (TPSA) is 50.2 Å². The van der Waals surface area contributed by atoms with Gasteiger partial charge in [0.2, 0.25) is 0 Å². The zero-order chi connectivity index (χ0) is 8.43. The average Bonchev–Trinajstić information content (AvgIpc) is 1.85. The van der Waals surface area contributed by atoms with Gasteiger partial charge in [-0.25, -0.2) is 9.37 Å². The van der Waals surface area contributed by atoms with Crippen LogP contribution in [0, 0.1) is 5.82 Å². The fraction of sp³-hybridized carbons (Fsp3) is 0.143. The number of Topliss-reactive ketones (excluding diaryl/α,β-unsaturated/α-hetero) is 1. The van der Waals surface area contributed by atoms with Crippen LogP contribution in [0.25, 0.3) is 0 Å². The van der Waals surface area contributed by atoms with Crippen molar-refractivity contribution in [1.29, 1.82) is 0 Å². The molecule has 1 aromatic heterocycles. The molecule has 11 heavy (non-hydrogen) atoms. The van der Waals surface area contributed by atoms with Crippen molar-refractivity contribution in [2.75, 3.05) is 0 Å². The minimum atomic E-state index is -0.660. The predicted octanol–water partition coefficient (Wildman–Crippen LogP) is 1.13. The number of hydrogen-bond acceptors (Lipinski definition) is 3. The van der Waals surface area contributed by atoms with Crippen LogP contribution in [0.3, 0.4) is 0 Å². The first kappa shape index (κ1) is 7.65. The minimum Gasteiger partial charge on any atom is -0.505 e. The molecule has 3 nitrogen and oxygen atoms in total. The number of nitrogens with zero attached hydrogens (tertiary/aromatic N) is 1. The van der Waals surface area contributed by atoms with Crippen molar-refractivity contribution < 1.29 is 14.3 Å². The van der Waals surface area contributed by atoms with E-state index in [-0.39, 0.29) is 11.5 Å². The number of hydrogen-bond donors (Lipinski definition) is 1. The van der Waals surface area contributed by atoms with Crippen LogP contribution >= 0.6 is 0 Å². The van der Waals surface area contributed by atoms with Crippen LogP contribution in [0.4, 0.5) is 4.39 Å². The van der Waals surface area contributed by atoms with Gasteiger partial charge in [0.15, 0.2) is 5.78 Å². The van der Waals surface area contributed by atoms with Gasteiger partial charge in [0.25, 0.3) is 0 Å². The summed E-state index contributed by atoms with van der Waals surface area (Å²) in [6, 6.07) is 0.851. The van der Waals surface area contributed by atoms with Gasteiger partial charge in [-0.15, -0.1) is 0 Å². The quantitative estimate of drug-likeness (QED) is 0.618. The Morgan fingerprint density at radius 3 is 2.82 bits per heavy atom. The summed E-state index contributed by atoms with van der Waals surface area (Å²) in [5.74, 6) is -1.47. The number of pyridine rings is 1. The summed E-state index contributed by atoms with van der Waals surface area (Å²) in [5, 5.41) is 8.94. The first-order chi connectivity index (χ1) is 5.11. The summed E-state index contributed by atoms with van der Waals surface area (Å²) >= 11 is 0. The molecule has 0 saturated heterocycles. The molecular formula is C7H6FNO2. The molecule has 0 aliphatic rings. The summed E-state index contributed by atoms with van der Waals surface area (Å²) in [5.41, 5.74) is -0.105. The Hall–Kier alpha value is -1.45. The van der Waals surface area contributed by atoms with E-state index in [1.165, 1.54) is 6.92 Å². The van der Waals surface area contributed by atoms with Crippen LogP contribution < -0.4 is 0 Å². The van der Waals surface area contributed by atoms with E-state index < -0.39 is 11.6 Å². The van der Waals surface area contributed by atoms with Gasteiger partial charge in [-0.1, -0.05) is 0 Å². The molecule has 0 aliphatic carbocycles. The molecule has 0 aromatic carbocycles. The molecule has 1 aromatic rings. The smallest absolute Gasteiger partial charge is 0.181 e. The maximum absolute atomic E-state index is 12.3. The molecule has 0 radical (unpaired) electrons. The van der Waals surface area contributed by atoms with E-state index in [1.54, 1.807) is 0 Å². The highest BCUT2D eigenvalue weighted by Gasteiger charge is 2.07. The molecule has 58 valence electrons. The van der Waals surface area contributed by atoms with Gasteiger partial charge in [-0.05, 0) is 0 Å². The van der Waals surface area contributed by atoms with Crippen molar-refractivity contribution in [2.24, 2.45) is 0 Å². The highest BCUT2D eigenvalue weighted by atomic mass is 19.1. The van der Waals surface area contributed by atoms with E-state index in [9.17, 15) is 9.18 Å². The van der Waals surface area contributed by atoms with Crippen molar-refractivity contribution in [2.45, 2.75) is 6.92 Å². The van der Waals surface area contributed by atoms with Crippen molar-refractivity contribution >= 4 is 5.78 Å². The molecule has 0 unspecified atom stereocenters. The molecule has 1 heterocycles. The van der Waals surface area contributed by atoms with E-state index >= 15 is 0 Å². The average molecular weight is 155 g/mol. The molecule has 0 amide bonds. The Balaban J connectivity index is 3.20. The molecule has 0 bridgehead atoms. The zero-order valence-corrected chi connectivity index (χ0v) is 5.84. The van der Waals surface area contributed by atoms with E-state index in [0.717, 1.165) is 12.3 Å². The zero-order valence-electron chi connectivity index (χ0n) is 5.84. The second kappa shape index (κ2) is 2.65. The van der Waals surface area contributed by atoms with Crippen molar-refractivity contribution in [1.82, 2.24) is 4.98 Å². The standard InChI is InChI=1S/C7H6FNO2/c1-4(10)7-6(11)2-5(8)3-9-7/h2-3,11H,1H3. The van der Waals surface area contributed by atoms with Crippen LogP contribution in [-0.2, 0) is 0 Å². The highest BCUT2D eigenvalue weighted by Crippen LogP contribution is 2.14. The van der Waals surface area contributed by atoms with Gasteiger partial charge < -0.3 is 5.11 Å². The maximum Gasteiger partial charge on any atom is 0.181 e. The Kier molecular flexibility index (Phi) is 1.85. The van der Waals surface area contributed by atoms with Gasteiger partial charge >= 0.3 is 0 Å². The fourth-order valence-electron chi connectivity index (χ4n) is 0.700. The second-order valence-electron chi connectivity index (χ2n) is 2.08. The Labute approximate surface area is 62.5 Å². The molecule has 1 N–H and O–H groups in total. The lowest BCUT2D eigenvalue weighted by atomic mass is 10.2. The summed E-state index contributed by atoms with van der Waals surface area (Å²) < 4.78 is 12.3. The molecule has 0 fully saturated rings. The summed E-state index contributed by atoms with van der Waals surface area (Å²) in [6.07, 6.45) is 0.885. The second-order valence-corrected chi connectivity index (χ2v) is 2.08. The van der Waals surface area contributed by atoms with E-state index in [0.29, 0.717) is 0 Å². The van der Waals surface area contributed by atoms with Crippen molar-refractivity contribution in [3.63, 3.8) is 0 Å². The molecule has 0 saturated carbocycles. The molecule has 0 spiro atoms. The van der Waals surface area contributed by atoms with Crippen LogP contribution in [0.2, 0.25) is 0 Å². The third kappa shape index (κ3) is 1.52. The number of carbonyl (C=O) groups excluding carboxylic acids is 1. The lowest BCUT2D eigenvalue weighted by Gasteiger charge is -1.97. The number of aromatic hydroxyl groups is 1. The first-order valence-electron chi connectivity index (χ1n) is 2.96. The summed E-state index contributed by atoms with van der Waals surface area (Å²) in [7, 11) is 0. The van der Waals surface area contributed by atoms with Gasteiger partial charge in [-0.3, -0.25) is 4.79 Å². The van der Waals surface area contributed by atoms with Crippen LogP contribution in [-0.4, -0.2) is 15.9 Å². The predicted molar refractivity (Wildman–Crippen MR) is 35.9 cm³/mol. The van der Waals surface area contributed by atoms with Crippen LogP contribution in [0.5, 0.6) is 5.75 Å². The largest absolute Gasteiger partial charge is 0.505 e. The molecular weight excluding hydrogens is 149 g/mol. The number of halogens is 1. The van der Waals surface area contributed by atoms with Crippen molar-refractivity contribution in [3.05, 3.63) is 23.8 Å². The number of aromatic nitrogens is 1. The van der Waals surface area contributed by atoms with E-state index in [1.807, 2.05) is 0 Å². The van der Waals surface area contributed by atoms with Crippen molar-refractivity contribution in [3.8, 4) is 5.75 Å². The number of ketones is 1. The minimum absolute atomic E-state index is 0.105. The Bertz CT molecular complexity index is 298. The van der Waals surface area contributed by atoms with E-state index in [4.69, 9.17) is 5.11 Å². The third-order valence-corrected chi connectivity index (χ3v) is 1.17. The fourth-order valence-corrected chi connectivity index (χ4v) is 0.700. The third-order valence-electron chi connectivity index (χ3n) is 1.17. The van der Waals surface area contributed by atoms with Crippen LogP contribution in [0.15, 0.2) is 12.3 Å². The number of rotatable bonds is 1. The Morgan fingerprint density at radius 1 is 1.73 bits per heavy atom. The first-order valence-corrected chi connectivity index (χ1v) is 2.96. The van der Waals surface area contributed by atoms with Gasteiger partial charge in [0.05, 0.1) is 6.20 Å². The highest BCUT2D eigenvalue weighted by molar-refractivity contribution is 5.94. The Morgan fingerprint density at radius 2 is 2.36 bits per heavy atom. The van der Waals surface area contributed by atoms with Gasteiger partial charge in [0.1, 0.15) is 17.3 Å². The van der Waals surface area contributed by atoms with E-state index in [2.05, 4.69) is 4.98 Å². The van der Waals surface area contributed by atoms with Gasteiger partial charge in [-0.2, -0.15) is 0 Å². The molecule has 0 aliphatic heterocycles. The lowest BCUT2D eigenvalue weighted by Crippen LogP contribution is -1.97.